The first-order chi connectivity index (χ1) is 16.3. The maximum atomic E-state index is 5.78. The number of nitrogens with one attached hydrogen (secondary N) is 1. The Hall–Kier alpha value is -4.50. The van der Waals surface area contributed by atoms with Crippen LogP contribution in [0.25, 0.3) is 38.6 Å². The van der Waals surface area contributed by atoms with Crippen molar-refractivity contribution < 1.29 is 0 Å². The van der Waals surface area contributed by atoms with E-state index in [1.165, 1.54) is 38.6 Å². The molecular weight excluding hydrogens is 402 g/mol. The fraction of sp³-hybridized carbons (Fsp3) is 0. The van der Waals surface area contributed by atoms with Crippen LogP contribution in [0.5, 0.6) is 0 Å². The van der Waals surface area contributed by atoms with E-state index in [0.29, 0.717) is 0 Å². The van der Waals surface area contributed by atoms with Crippen LogP contribution < -0.4 is 11.1 Å². The molecule has 5 aromatic carbocycles. The first-order valence-corrected chi connectivity index (χ1v) is 11.1. The number of rotatable bonds is 4. The maximum Gasteiger partial charge on any atom is 0.0541 e. The summed E-state index contributed by atoms with van der Waals surface area (Å²) in [7, 11) is 0. The van der Waals surface area contributed by atoms with E-state index in [1.54, 1.807) is 0 Å². The standard InChI is InChI=1S/C30H23N3/c31-23-13-17-25(18-14-23)32-24-15-10-21(11-16-24)22-12-19-30-28(20-22)27-8-4-5-9-29(27)33(30)26-6-2-1-3-7-26/h1-20,32H,31H2. The highest BCUT2D eigenvalue weighted by Crippen LogP contribution is 2.35. The van der Waals surface area contributed by atoms with Gasteiger partial charge in [-0.2, -0.15) is 0 Å². The molecule has 0 radical (unpaired) electrons. The van der Waals surface area contributed by atoms with Gasteiger partial charge in [0.25, 0.3) is 0 Å². The zero-order valence-electron chi connectivity index (χ0n) is 18.1. The van der Waals surface area contributed by atoms with E-state index in [4.69, 9.17) is 5.73 Å². The van der Waals surface area contributed by atoms with Crippen molar-refractivity contribution in [3.8, 4) is 16.8 Å². The van der Waals surface area contributed by atoms with Crippen molar-refractivity contribution >= 4 is 38.9 Å². The largest absolute Gasteiger partial charge is 0.399 e. The molecule has 0 aliphatic heterocycles. The Morgan fingerprint density at radius 3 is 1.88 bits per heavy atom. The molecule has 0 unspecified atom stereocenters. The van der Waals surface area contributed by atoms with Crippen molar-refractivity contribution in [3.63, 3.8) is 0 Å². The van der Waals surface area contributed by atoms with Crippen LogP contribution in [-0.2, 0) is 0 Å². The van der Waals surface area contributed by atoms with Gasteiger partial charge in [0.15, 0.2) is 0 Å². The number of aromatic nitrogens is 1. The highest BCUT2D eigenvalue weighted by Gasteiger charge is 2.12. The number of anilines is 3. The Balaban J connectivity index is 1.40. The second kappa shape index (κ2) is 7.88. The number of hydrogen-bond acceptors (Lipinski definition) is 2. The molecular formula is C30H23N3. The van der Waals surface area contributed by atoms with Gasteiger partial charge < -0.3 is 15.6 Å². The second-order valence-corrected chi connectivity index (χ2v) is 8.24. The summed E-state index contributed by atoms with van der Waals surface area (Å²) >= 11 is 0. The molecule has 0 amide bonds. The van der Waals surface area contributed by atoms with Gasteiger partial charge in [0.1, 0.15) is 0 Å². The van der Waals surface area contributed by atoms with Crippen LogP contribution in [0, 0.1) is 0 Å². The zero-order chi connectivity index (χ0) is 22.2. The van der Waals surface area contributed by atoms with Gasteiger partial charge in [-0.1, -0.05) is 54.6 Å². The lowest BCUT2D eigenvalue weighted by atomic mass is 10.0. The summed E-state index contributed by atoms with van der Waals surface area (Å²) in [4.78, 5) is 0. The van der Waals surface area contributed by atoms with E-state index in [-0.39, 0.29) is 0 Å². The molecule has 0 atom stereocenters. The highest BCUT2D eigenvalue weighted by molar-refractivity contribution is 6.10. The molecule has 33 heavy (non-hydrogen) atoms. The Labute approximate surface area is 192 Å². The molecule has 3 N–H and O–H groups in total. The van der Waals surface area contributed by atoms with Crippen LogP contribution in [0.15, 0.2) is 121 Å². The van der Waals surface area contributed by atoms with E-state index in [1.807, 2.05) is 24.3 Å². The van der Waals surface area contributed by atoms with E-state index < -0.39 is 0 Å². The molecule has 1 heterocycles. The van der Waals surface area contributed by atoms with Gasteiger partial charge >= 0.3 is 0 Å². The first-order valence-electron chi connectivity index (χ1n) is 11.1. The van der Waals surface area contributed by atoms with Gasteiger partial charge in [0.05, 0.1) is 11.0 Å². The molecule has 158 valence electrons. The topological polar surface area (TPSA) is 43.0 Å². The molecule has 0 aliphatic rings. The van der Waals surface area contributed by atoms with E-state index >= 15 is 0 Å². The molecule has 6 aromatic rings. The number of benzene rings is 5. The number of hydrogen-bond donors (Lipinski definition) is 2. The van der Waals surface area contributed by atoms with Crippen LogP contribution >= 0.6 is 0 Å². The van der Waals surface area contributed by atoms with Gasteiger partial charge in [-0.15, -0.1) is 0 Å². The summed E-state index contributed by atoms with van der Waals surface area (Å²) in [5.41, 5.74) is 14.6. The number of nitrogen functional groups attached to an aromatic ring is 1. The summed E-state index contributed by atoms with van der Waals surface area (Å²) in [6, 6.07) is 42.3. The lowest BCUT2D eigenvalue weighted by Crippen LogP contribution is -1.93. The lowest BCUT2D eigenvalue weighted by molar-refractivity contribution is 1.18. The summed E-state index contributed by atoms with van der Waals surface area (Å²) in [6.45, 7) is 0. The smallest absolute Gasteiger partial charge is 0.0541 e. The maximum absolute atomic E-state index is 5.78. The Morgan fingerprint density at radius 2 is 1.12 bits per heavy atom. The van der Waals surface area contributed by atoms with E-state index in [2.05, 4.69) is 107 Å². The summed E-state index contributed by atoms with van der Waals surface area (Å²) < 4.78 is 2.34. The molecule has 3 heteroatoms. The SMILES string of the molecule is Nc1ccc(Nc2ccc(-c3ccc4c(c3)c3ccccc3n4-c3ccccc3)cc2)cc1. The fourth-order valence-electron chi connectivity index (χ4n) is 4.49. The minimum absolute atomic E-state index is 0.764. The van der Waals surface area contributed by atoms with Gasteiger partial charge in [-0.25, -0.2) is 0 Å². The molecule has 0 saturated carbocycles. The first kappa shape index (κ1) is 19.2. The fourth-order valence-corrected chi connectivity index (χ4v) is 4.49. The number of fused-ring (bicyclic) bond motifs is 3. The Kier molecular flexibility index (Phi) is 4.59. The van der Waals surface area contributed by atoms with Crippen LogP contribution in [0.2, 0.25) is 0 Å². The van der Waals surface area contributed by atoms with E-state index in [0.717, 1.165) is 17.1 Å². The molecule has 0 spiro atoms. The summed E-state index contributed by atoms with van der Waals surface area (Å²) in [6.07, 6.45) is 0. The zero-order valence-corrected chi connectivity index (χ0v) is 18.1. The monoisotopic (exact) mass is 425 g/mol. The third kappa shape index (κ3) is 3.50. The Morgan fingerprint density at radius 1 is 0.515 bits per heavy atom. The molecule has 3 nitrogen and oxygen atoms in total. The normalized spacial score (nSPS) is 11.2. The molecule has 0 bridgehead atoms. The quantitative estimate of drug-likeness (QED) is 0.283. The van der Waals surface area contributed by atoms with Gasteiger partial charge in [-0.3, -0.25) is 0 Å². The highest BCUT2D eigenvalue weighted by atomic mass is 15.0. The van der Waals surface area contributed by atoms with Gasteiger partial charge in [0.2, 0.25) is 0 Å². The molecule has 0 saturated heterocycles. The van der Waals surface area contributed by atoms with Crippen molar-refractivity contribution in [2.45, 2.75) is 0 Å². The second-order valence-electron chi connectivity index (χ2n) is 8.24. The summed E-state index contributed by atoms with van der Waals surface area (Å²) in [5, 5.41) is 5.95. The molecule has 6 rings (SSSR count). The minimum atomic E-state index is 0.764. The third-order valence-electron chi connectivity index (χ3n) is 6.10. The van der Waals surface area contributed by atoms with Crippen molar-refractivity contribution in [2.75, 3.05) is 11.1 Å². The van der Waals surface area contributed by atoms with Crippen LogP contribution in [0.4, 0.5) is 17.1 Å². The van der Waals surface area contributed by atoms with Crippen LogP contribution in [0.3, 0.4) is 0 Å². The average molecular weight is 426 g/mol. The van der Waals surface area contributed by atoms with Crippen molar-refractivity contribution in [2.24, 2.45) is 0 Å². The summed E-state index contributed by atoms with van der Waals surface area (Å²) in [5.74, 6) is 0. The molecule has 1 aromatic heterocycles. The van der Waals surface area contributed by atoms with Crippen molar-refractivity contribution in [1.29, 1.82) is 0 Å². The number of nitrogens with two attached hydrogens (primary N) is 1. The third-order valence-corrected chi connectivity index (χ3v) is 6.10. The predicted octanol–water partition coefficient (Wildman–Crippen LogP) is 7.78. The Bertz CT molecular complexity index is 1560. The van der Waals surface area contributed by atoms with Crippen molar-refractivity contribution in [1.82, 2.24) is 4.57 Å². The minimum Gasteiger partial charge on any atom is -0.399 e. The van der Waals surface area contributed by atoms with Crippen LogP contribution in [0.1, 0.15) is 0 Å². The van der Waals surface area contributed by atoms with E-state index in [9.17, 15) is 0 Å². The predicted molar refractivity (Wildman–Crippen MR) is 140 cm³/mol. The van der Waals surface area contributed by atoms with Gasteiger partial charge in [-0.05, 0) is 77.9 Å². The average Bonchev–Trinajstić information content (AvgIpc) is 3.20. The lowest BCUT2D eigenvalue weighted by Gasteiger charge is -2.09. The van der Waals surface area contributed by atoms with Crippen molar-refractivity contribution in [3.05, 3.63) is 121 Å². The molecule has 0 aliphatic carbocycles. The molecule has 0 fully saturated rings. The number of nitrogens with zero attached hydrogens (tertiary/aromatic N) is 1. The van der Waals surface area contributed by atoms with Gasteiger partial charge in [0, 0.05) is 33.5 Å². The number of para-hydroxylation sites is 2. The van der Waals surface area contributed by atoms with Crippen LogP contribution in [-0.4, -0.2) is 4.57 Å².